The third kappa shape index (κ3) is 3.10. The summed E-state index contributed by atoms with van der Waals surface area (Å²) in [6.45, 7) is 0.439. The Morgan fingerprint density at radius 1 is 1.23 bits per heavy atom. The molecule has 8 heteroatoms. The summed E-state index contributed by atoms with van der Waals surface area (Å²) in [6.07, 6.45) is 5.24. The highest BCUT2D eigenvalue weighted by Crippen LogP contribution is 2.27. The molecule has 0 radical (unpaired) electrons. The zero-order valence-electron chi connectivity index (χ0n) is 14.0. The summed E-state index contributed by atoms with van der Waals surface area (Å²) >= 11 is 6.13. The largest absolute Gasteiger partial charge is 0.350 e. The maximum Gasteiger partial charge on any atom is 0.330 e. The van der Waals surface area contributed by atoms with Crippen LogP contribution >= 0.6 is 11.6 Å². The van der Waals surface area contributed by atoms with Crippen molar-refractivity contribution in [2.75, 3.05) is 5.32 Å². The summed E-state index contributed by atoms with van der Waals surface area (Å²) in [4.78, 5) is 36.3. The van der Waals surface area contributed by atoms with Gasteiger partial charge in [-0.1, -0.05) is 42.6 Å². The van der Waals surface area contributed by atoms with Gasteiger partial charge in [-0.2, -0.15) is 4.98 Å². The highest BCUT2D eigenvalue weighted by molar-refractivity contribution is 6.31. The summed E-state index contributed by atoms with van der Waals surface area (Å²) in [5.41, 5.74) is 0.410. The van der Waals surface area contributed by atoms with Crippen LogP contribution < -0.4 is 16.6 Å². The topological polar surface area (TPSA) is 92.7 Å². The number of aromatic amines is 1. The normalized spacial score (nSPS) is 14.8. The first-order valence-corrected chi connectivity index (χ1v) is 9.00. The molecule has 0 bridgehead atoms. The number of nitrogens with one attached hydrogen (secondary N) is 2. The van der Waals surface area contributed by atoms with Crippen molar-refractivity contribution in [2.24, 2.45) is 0 Å². The molecule has 2 heterocycles. The van der Waals surface area contributed by atoms with Gasteiger partial charge in [0.25, 0.3) is 5.56 Å². The van der Waals surface area contributed by atoms with Crippen molar-refractivity contribution in [3.63, 3.8) is 0 Å². The molecule has 3 aromatic rings. The molecule has 0 aliphatic heterocycles. The van der Waals surface area contributed by atoms with Gasteiger partial charge in [0, 0.05) is 23.8 Å². The minimum Gasteiger partial charge on any atom is -0.350 e. The Morgan fingerprint density at radius 2 is 2.00 bits per heavy atom. The summed E-state index contributed by atoms with van der Waals surface area (Å²) < 4.78 is 1.32. The lowest BCUT2D eigenvalue weighted by Gasteiger charge is -2.13. The van der Waals surface area contributed by atoms with Crippen LogP contribution in [-0.2, 0) is 6.54 Å². The zero-order chi connectivity index (χ0) is 18.1. The Labute approximate surface area is 154 Å². The third-order valence-electron chi connectivity index (χ3n) is 4.77. The SMILES string of the molecule is O=c1[nH]c2nc(NCc3ccccc3Cl)ncc2c(=O)n1C1CCCC1. The van der Waals surface area contributed by atoms with Crippen LogP contribution in [0.15, 0.2) is 40.1 Å². The molecule has 1 fully saturated rings. The highest BCUT2D eigenvalue weighted by Gasteiger charge is 2.21. The molecule has 0 atom stereocenters. The molecule has 0 spiro atoms. The maximum absolute atomic E-state index is 12.7. The number of nitrogens with zero attached hydrogens (tertiary/aromatic N) is 3. The predicted molar refractivity (Wildman–Crippen MR) is 101 cm³/mol. The molecule has 0 amide bonds. The van der Waals surface area contributed by atoms with Crippen LogP contribution in [0.25, 0.3) is 11.0 Å². The standard InChI is InChI=1S/C18H18ClN5O2/c19-14-8-4-1-5-11(14)9-20-17-21-10-13-15(22-17)23-18(26)24(16(13)25)12-6-2-3-7-12/h1,4-5,8,10,12H,2-3,6-7,9H2,(H2,20,21,22,23,26). The van der Waals surface area contributed by atoms with Crippen molar-refractivity contribution < 1.29 is 0 Å². The fraction of sp³-hybridized carbons (Fsp3) is 0.333. The molecule has 4 rings (SSSR count). The maximum atomic E-state index is 12.7. The van der Waals surface area contributed by atoms with E-state index in [1.165, 1.54) is 10.8 Å². The summed E-state index contributed by atoms with van der Waals surface area (Å²) in [6, 6.07) is 7.43. The first-order chi connectivity index (χ1) is 12.6. The van der Waals surface area contributed by atoms with Gasteiger partial charge >= 0.3 is 5.69 Å². The summed E-state index contributed by atoms with van der Waals surface area (Å²) in [5, 5.41) is 4.03. The lowest BCUT2D eigenvalue weighted by atomic mass is 10.2. The van der Waals surface area contributed by atoms with Crippen molar-refractivity contribution in [2.45, 2.75) is 38.3 Å². The van der Waals surface area contributed by atoms with Gasteiger partial charge in [-0.25, -0.2) is 9.78 Å². The fourth-order valence-electron chi connectivity index (χ4n) is 3.41. The second-order valence-electron chi connectivity index (χ2n) is 6.44. The van der Waals surface area contributed by atoms with Crippen LogP contribution in [-0.4, -0.2) is 19.5 Å². The average molecular weight is 372 g/mol. The number of halogens is 1. The number of anilines is 1. The fourth-order valence-corrected chi connectivity index (χ4v) is 3.62. The molecule has 2 aromatic heterocycles. The van der Waals surface area contributed by atoms with Gasteiger partial charge in [0.2, 0.25) is 5.95 Å². The van der Waals surface area contributed by atoms with Crippen LogP contribution in [0.2, 0.25) is 5.02 Å². The smallest absolute Gasteiger partial charge is 0.330 e. The predicted octanol–water partition coefficient (Wildman–Crippen LogP) is 2.86. The van der Waals surface area contributed by atoms with Crippen LogP contribution in [0.4, 0.5) is 5.95 Å². The van der Waals surface area contributed by atoms with Gasteiger partial charge in [0.05, 0.1) is 0 Å². The second kappa shape index (κ2) is 6.92. The van der Waals surface area contributed by atoms with Crippen LogP contribution in [0.3, 0.4) is 0 Å². The van der Waals surface area contributed by atoms with Gasteiger partial charge in [-0.15, -0.1) is 0 Å². The Kier molecular flexibility index (Phi) is 4.46. The van der Waals surface area contributed by atoms with E-state index in [2.05, 4.69) is 20.3 Å². The van der Waals surface area contributed by atoms with Gasteiger partial charge < -0.3 is 5.32 Å². The molecule has 134 valence electrons. The number of aromatic nitrogens is 4. The molecular weight excluding hydrogens is 354 g/mol. The van der Waals surface area contributed by atoms with E-state index in [-0.39, 0.29) is 17.2 Å². The molecule has 1 aromatic carbocycles. The van der Waals surface area contributed by atoms with Crippen LogP contribution in [0.5, 0.6) is 0 Å². The van der Waals surface area contributed by atoms with E-state index in [4.69, 9.17) is 11.6 Å². The molecule has 2 N–H and O–H groups in total. The Morgan fingerprint density at radius 3 is 2.77 bits per heavy atom. The van der Waals surface area contributed by atoms with E-state index < -0.39 is 5.69 Å². The van der Waals surface area contributed by atoms with Gasteiger partial charge in [0.1, 0.15) is 5.39 Å². The Hall–Kier alpha value is -2.67. The minimum absolute atomic E-state index is 0.0336. The van der Waals surface area contributed by atoms with Crippen LogP contribution in [0.1, 0.15) is 37.3 Å². The summed E-state index contributed by atoms with van der Waals surface area (Å²) in [7, 11) is 0. The Bertz CT molecular complexity index is 1070. The molecule has 1 aliphatic carbocycles. The lowest BCUT2D eigenvalue weighted by Crippen LogP contribution is -2.37. The number of fused-ring (bicyclic) bond motifs is 1. The molecule has 1 aliphatic rings. The van der Waals surface area contributed by atoms with Crippen molar-refractivity contribution in [1.82, 2.24) is 19.5 Å². The van der Waals surface area contributed by atoms with E-state index in [0.717, 1.165) is 31.2 Å². The van der Waals surface area contributed by atoms with Crippen molar-refractivity contribution >= 4 is 28.6 Å². The molecule has 0 saturated heterocycles. The zero-order valence-corrected chi connectivity index (χ0v) is 14.8. The minimum atomic E-state index is -0.412. The monoisotopic (exact) mass is 371 g/mol. The second-order valence-corrected chi connectivity index (χ2v) is 6.85. The number of H-pyrrole nitrogens is 1. The molecule has 7 nitrogen and oxygen atoms in total. The number of hydrogen-bond acceptors (Lipinski definition) is 5. The van der Waals surface area contributed by atoms with E-state index in [1.807, 2.05) is 24.3 Å². The van der Waals surface area contributed by atoms with Crippen molar-refractivity contribution in [3.8, 4) is 0 Å². The number of benzene rings is 1. The average Bonchev–Trinajstić information content (AvgIpc) is 3.15. The molecule has 0 unspecified atom stereocenters. The van der Waals surface area contributed by atoms with E-state index in [1.54, 1.807) is 0 Å². The van der Waals surface area contributed by atoms with E-state index >= 15 is 0 Å². The number of hydrogen-bond donors (Lipinski definition) is 2. The van der Waals surface area contributed by atoms with Crippen molar-refractivity contribution in [3.05, 3.63) is 61.9 Å². The van der Waals surface area contributed by atoms with Gasteiger partial charge in [-0.3, -0.25) is 14.3 Å². The molecule has 1 saturated carbocycles. The van der Waals surface area contributed by atoms with E-state index in [9.17, 15) is 9.59 Å². The molecular formula is C18H18ClN5O2. The third-order valence-corrected chi connectivity index (χ3v) is 5.14. The van der Waals surface area contributed by atoms with Gasteiger partial charge in [0.15, 0.2) is 5.65 Å². The van der Waals surface area contributed by atoms with Gasteiger partial charge in [-0.05, 0) is 24.5 Å². The first kappa shape index (κ1) is 16.8. The summed E-state index contributed by atoms with van der Waals surface area (Å²) in [5.74, 6) is 0.325. The lowest BCUT2D eigenvalue weighted by molar-refractivity contribution is 0.483. The van der Waals surface area contributed by atoms with Crippen molar-refractivity contribution in [1.29, 1.82) is 0 Å². The molecule has 26 heavy (non-hydrogen) atoms. The van der Waals surface area contributed by atoms with E-state index in [0.29, 0.717) is 22.9 Å². The quantitative estimate of drug-likeness (QED) is 0.735. The van der Waals surface area contributed by atoms with Crippen LogP contribution in [0, 0.1) is 0 Å². The Balaban J connectivity index is 1.65. The highest BCUT2D eigenvalue weighted by atomic mass is 35.5. The number of rotatable bonds is 4. The first-order valence-electron chi connectivity index (χ1n) is 8.62.